The lowest BCUT2D eigenvalue weighted by atomic mass is 10.0. The Hall–Kier alpha value is -2.42. The van der Waals surface area contributed by atoms with E-state index in [0.29, 0.717) is 11.1 Å². The molecule has 1 amide bonds. The van der Waals surface area contributed by atoms with Gasteiger partial charge in [-0.1, -0.05) is 18.2 Å². The van der Waals surface area contributed by atoms with E-state index >= 15 is 0 Å². The maximum absolute atomic E-state index is 12.1. The zero-order valence-corrected chi connectivity index (χ0v) is 10.9. The molecule has 0 saturated carbocycles. The second-order valence-corrected chi connectivity index (χ2v) is 4.39. The summed E-state index contributed by atoms with van der Waals surface area (Å²) in [4.78, 5) is 22.9. The zero-order valence-electron chi connectivity index (χ0n) is 10.9. The van der Waals surface area contributed by atoms with Gasteiger partial charge in [0.15, 0.2) is 0 Å². The third-order valence-electron chi connectivity index (χ3n) is 3.24. The summed E-state index contributed by atoms with van der Waals surface area (Å²) in [6, 6.07) is 12.5. The van der Waals surface area contributed by atoms with Crippen molar-refractivity contribution in [2.75, 3.05) is 5.32 Å². The number of rotatable bonds is 3. The van der Waals surface area contributed by atoms with Gasteiger partial charge in [-0.15, -0.1) is 0 Å². The van der Waals surface area contributed by atoms with Gasteiger partial charge in [0.05, 0.1) is 0 Å². The number of hydrogen-bond donors (Lipinski definition) is 1. The molecule has 3 nitrogen and oxygen atoms in total. The normalized spacial score (nSPS) is 10.0. The molecule has 2 rings (SSSR count). The number of nitrogens with one attached hydrogen (secondary N) is 1. The van der Waals surface area contributed by atoms with Gasteiger partial charge in [-0.05, 0) is 49.2 Å². The number of aldehydes is 1. The van der Waals surface area contributed by atoms with E-state index in [-0.39, 0.29) is 5.91 Å². The van der Waals surface area contributed by atoms with Gasteiger partial charge in [0.25, 0.3) is 5.91 Å². The Morgan fingerprint density at radius 1 is 1.00 bits per heavy atom. The number of hydrogen-bond acceptors (Lipinski definition) is 2. The van der Waals surface area contributed by atoms with Crippen molar-refractivity contribution in [3.05, 3.63) is 64.7 Å². The Bertz CT molecular complexity index is 618. The molecule has 0 spiro atoms. The minimum Gasteiger partial charge on any atom is -0.322 e. The monoisotopic (exact) mass is 253 g/mol. The number of amides is 1. The lowest BCUT2D eigenvalue weighted by molar-refractivity contribution is 0.102. The Kier molecular flexibility index (Phi) is 3.76. The maximum atomic E-state index is 12.1. The summed E-state index contributed by atoms with van der Waals surface area (Å²) < 4.78 is 0. The molecule has 19 heavy (non-hydrogen) atoms. The SMILES string of the molecule is Cc1c(C=O)ccc(NC(=O)c2ccccc2)c1C. The molecule has 0 fully saturated rings. The second kappa shape index (κ2) is 5.48. The van der Waals surface area contributed by atoms with Gasteiger partial charge in [0, 0.05) is 16.8 Å². The first-order valence-electron chi connectivity index (χ1n) is 6.05. The molecular weight excluding hydrogens is 238 g/mol. The number of benzene rings is 2. The fourth-order valence-electron chi connectivity index (χ4n) is 1.89. The summed E-state index contributed by atoms with van der Waals surface area (Å²) in [5.41, 5.74) is 3.79. The van der Waals surface area contributed by atoms with E-state index in [1.165, 1.54) is 0 Å². The molecule has 0 heterocycles. The topological polar surface area (TPSA) is 46.2 Å². The van der Waals surface area contributed by atoms with E-state index in [0.717, 1.165) is 23.1 Å². The van der Waals surface area contributed by atoms with Crippen molar-refractivity contribution in [1.82, 2.24) is 0 Å². The van der Waals surface area contributed by atoms with Crippen LogP contribution >= 0.6 is 0 Å². The fraction of sp³-hybridized carbons (Fsp3) is 0.125. The molecule has 1 N–H and O–H groups in total. The molecule has 0 aromatic heterocycles. The lowest BCUT2D eigenvalue weighted by Gasteiger charge is -2.12. The summed E-state index contributed by atoms with van der Waals surface area (Å²) in [6.45, 7) is 3.76. The first-order valence-corrected chi connectivity index (χ1v) is 6.05. The van der Waals surface area contributed by atoms with Gasteiger partial charge in [-0.25, -0.2) is 0 Å². The molecule has 0 bridgehead atoms. The molecular formula is C16H15NO2. The molecule has 2 aromatic carbocycles. The van der Waals surface area contributed by atoms with Crippen molar-refractivity contribution in [3.63, 3.8) is 0 Å². The summed E-state index contributed by atoms with van der Waals surface area (Å²) in [7, 11) is 0. The molecule has 0 aliphatic heterocycles. The van der Waals surface area contributed by atoms with Crippen LogP contribution in [0.15, 0.2) is 42.5 Å². The third kappa shape index (κ3) is 2.71. The highest BCUT2D eigenvalue weighted by Crippen LogP contribution is 2.21. The molecule has 3 heteroatoms. The lowest BCUT2D eigenvalue weighted by Crippen LogP contribution is -2.13. The molecule has 0 atom stereocenters. The number of anilines is 1. The highest BCUT2D eigenvalue weighted by molar-refractivity contribution is 6.04. The van der Waals surface area contributed by atoms with E-state index in [1.807, 2.05) is 32.0 Å². The van der Waals surface area contributed by atoms with Crippen molar-refractivity contribution in [2.24, 2.45) is 0 Å². The minimum atomic E-state index is -0.151. The largest absolute Gasteiger partial charge is 0.322 e. The van der Waals surface area contributed by atoms with Gasteiger partial charge in [0.2, 0.25) is 0 Å². The second-order valence-electron chi connectivity index (χ2n) is 4.39. The minimum absolute atomic E-state index is 0.151. The van der Waals surface area contributed by atoms with E-state index in [1.54, 1.807) is 24.3 Å². The highest BCUT2D eigenvalue weighted by atomic mass is 16.1. The van der Waals surface area contributed by atoms with Crippen LogP contribution in [0.25, 0.3) is 0 Å². The Morgan fingerprint density at radius 2 is 1.68 bits per heavy atom. The summed E-state index contributed by atoms with van der Waals surface area (Å²) in [6.07, 6.45) is 0.825. The Morgan fingerprint density at radius 3 is 2.32 bits per heavy atom. The van der Waals surface area contributed by atoms with Crippen molar-refractivity contribution in [3.8, 4) is 0 Å². The predicted molar refractivity (Wildman–Crippen MR) is 75.7 cm³/mol. The summed E-state index contributed by atoms with van der Waals surface area (Å²) in [5.74, 6) is -0.151. The summed E-state index contributed by atoms with van der Waals surface area (Å²) in [5, 5.41) is 2.86. The Labute approximate surface area is 112 Å². The van der Waals surface area contributed by atoms with Gasteiger partial charge in [-0.3, -0.25) is 9.59 Å². The molecule has 96 valence electrons. The van der Waals surface area contributed by atoms with Crippen LogP contribution < -0.4 is 5.32 Å². The Balaban J connectivity index is 2.28. The molecule has 0 saturated heterocycles. The van der Waals surface area contributed by atoms with Crippen molar-refractivity contribution < 1.29 is 9.59 Å². The summed E-state index contributed by atoms with van der Waals surface area (Å²) >= 11 is 0. The predicted octanol–water partition coefficient (Wildman–Crippen LogP) is 3.37. The van der Waals surface area contributed by atoms with E-state index in [4.69, 9.17) is 0 Å². The molecule has 2 aromatic rings. The van der Waals surface area contributed by atoms with Crippen LogP contribution in [0.2, 0.25) is 0 Å². The van der Waals surface area contributed by atoms with Crippen LogP contribution in [0.5, 0.6) is 0 Å². The van der Waals surface area contributed by atoms with Crippen LogP contribution in [0.1, 0.15) is 31.8 Å². The van der Waals surface area contributed by atoms with Crippen LogP contribution in [0, 0.1) is 13.8 Å². The molecule has 0 aliphatic rings. The van der Waals surface area contributed by atoms with E-state index in [9.17, 15) is 9.59 Å². The average Bonchev–Trinajstić information content (AvgIpc) is 2.45. The van der Waals surface area contributed by atoms with E-state index < -0.39 is 0 Å². The number of carbonyl (C=O) groups is 2. The fourth-order valence-corrected chi connectivity index (χ4v) is 1.89. The van der Waals surface area contributed by atoms with Gasteiger partial charge >= 0.3 is 0 Å². The molecule has 0 unspecified atom stereocenters. The van der Waals surface area contributed by atoms with Crippen LogP contribution in [-0.2, 0) is 0 Å². The first kappa shape index (κ1) is 13.0. The van der Waals surface area contributed by atoms with Crippen LogP contribution in [-0.4, -0.2) is 12.2 Å². The van der Waals surface area contributed by atoms with Gasteiger partial charge in [-0.2, -0.15) is 0 Å². The standard InChI is InChI=1S/C16H15NO2/c1-11-12(2)15(9-8-14(11)10-18)17-16(19)13-6-4-3-5-7-13/h3-10H,1-2H3,(H,17,19). The van der Waals surface area contributed by atoms with E-state index in [2.05, 4.69) is 5.32 Å². The van der Waals surface area contributed by atoms with Crippen molar-refractivity contribution in [1.29, 1.82) is 0 Å². The zero-order chi connectivity index (χ0) is 13.8. The highest BCUT2D eigenvalue weighted by Gasteiger charge is 2.10. The van der Waals surface area contributed by atoms with Crippen LogP contribution in [0.4, 0.5) is 5.69 Å². The van der Waals surface area contributed by atoms with Crippen molar-refractivity contribution in [2.45, 2.75) is 13.8 Å². The van der Waals surface area contributed by atoms with Crippen molar-refractivity contribution >= 4 is 17.9 Å². The molecule has 0 radical (unpaired) electrons. The third-order valence-corrected chi connectivity index (χ3v) is 3.24. The number of carbonyl (C=O) groups excluding carboxylic acids is 2. The van der Waals surface area contributed by atoms with Gasteiger partial charge in [0.1, 0.15) is 6.29 Å². The average molecular weight is 253 g/mol. The molecule has 0 aliphatic carbocycles. The first-order chi connectivity index (χ1) is 9.13. The quantitative estimate of drug-likeness (QED) is 0.852. The van der Waals surface area contributed by atoms with Gasteiger partial charge < -0.3 is 5.32 Å². The maximum Gasteiger partial charge on any atom is 0.255 e. The smallest absolute Gasteiger partial charge is 0.255 e. The van der Waals surface area contributed by atoms with Crippen LogP contribution in [0.3, 0.4) is 0 Å².